The van der Waals surface area contributed by atoms with Crippen molar-refractivity contribution in [2.24, 2.45) is 0 Å². The van der Waals surface area contributed by atoms with Crippen LogP contribution in [-0.4, -0.2) is 17.5 Å². The third kappa shape index (κ3) is 3.54. The number of nitrogens with one attached hydrogen (secondary N) is 1. The Bertz CT molecular complexity index is 886. The first-order valence-electron chi connectivity index (χ1n) is 7.89. The molecule has 0 aliphatic rings. The van der Waals surface area contributed by atoms with Crippen molar-refractivity contribution in [1.82, 2.24) is 4.98 Å². The number of aryl methyl sites for hydroxylation is 3. The van der Waals surface area contributed by atoms with Crippen LogP contribution in [-0.2, 0) is 4.79 Å². The number of hydrogen-bond donors (Lipinski definition) is 1. The average molecular weight is 320 g/mol. The van der Waals surface area contributed by atoms with Crippen LogP contribution in [0.1, 0.15) is 16.8 Å². The van der Waals surface area contributed by atoms with Gasteiger partial charge in [0, 0.05) is 22.8 Å². The van der Waals surface area contributed by atoms with E-state index in [-0.39, 0.29) is 12.5 Å². The highest BCUT2D eigenvalue weighted by molar-refractivity contribution is 5.92. The van der Waals surface area contributed by atoms with E-state index in [0.29, 0.717) is 5.75 Å². The summed E-state index contributed by atoms with van der Waals surface area (Å²) in [7, 11) is 0. The van der Waals surface area contributed by atoms with E-state index in [2.05, 4.69) is 10.3 Å². The number of rotatable bonds is 4. The lowest BCUT2D eigenvalue weighted by atomic mass is 10.1. The molecule has 4 heteroatoms. The molecular formula is C20H20N2O2. The summed E-state index contributed by atoms with van der Waals surface area (Å²) >= 11 is 0. The first kappa shape index (κ1) is 16.0. The van der Waals surface area contributed by atoms with Gasteiger partial charge in [-0.3, -0.25) is 9.78 Å². The van der Waals surface area contributed by atoms with E-state index >= 15 is 0 Å². The van der Waals surface area contributed by atoms with E-state index in [1.54, 1.807) is 0 Å². The van der Waals surface area contributed by atoms with Gasteiger partial charge in [-0.15, -0.1) is 0 Å². The molecule has 0 unspecified atom stereocenters. The first-order chi connectivity index (χ1) is 11.5. The number of carbonyl (C=O) groups excluding carboxylic acids is 1. The fourth-order valence-electron chi connectivity index (χ4n) is 2.58. The van der Waals surface area contributed by atoms with Crippen LogP contribution in [0, 0.1) is 20.8 Å². The van der Waals surface area contributed by atoms with Crippen LogP contribution in [0.15, 0.2) is 48.5 Å². The Labute approximate surface area is 141 Å². The normalized spacial score (nSPS) is 10.6. The van der Waals surface area contributed by atoms with E-state index in [4.69, 9.17) is 4.74 Å². The number of ether oxygens (including phenoxy) is 1. The lowest BCUT2D eigenvalue weighted by Crippen LogP contribution is -2.20. The maximum Gasteiger partial charge on any atom is 0.262 e. The predicted octanol–water partition coefficient (Wildman–Crippen LogP) is 4.18. The molecule has 3 rings (SSSR count). The zero-order valence-corrected chi connectivity index (χ0v) is 14.1. The van der Waals surface area contributed by atoms with Crippen molar-refractivity contribution in [3.05, 3.63) is 65.4 Å². The number of anilines is 1. The molecule has 4 nitrogen and oxygen atoms in total. The van der Waals surface area contributed by atoms with Crippen molar-refractivity contribution in [3.63, 3.8) is 0 Å². The van der Waals surface area contributed by atoms with Crippen LogP contribution in [0.3, 0.4) is 0 Å². The van der Waals surface area contributed by atoms with E-state index in [0.717, 1.165) is 33.4 Å². The minimum atomic E-state index is -0.186. The van der Waals surface area contributed by atoms with Crippen molar-refractivity contribution in [2.75, 3.05) is 11.9 Å². The number of nitrogens with zero attached hydrogens (tertiary/aromatic N) is 1. The van der Waals surface area contributed by atoms with Gasteiger partial charge in [0.1, 0.15) is 5.75 Å². The number of carbonyl (C=O) groups is 1. The smallest absolute Gasteiger partial charge is 0.262 e. The summed E-state index contributed by atoms with van der Waals surface area (Å²) in [6.07, 6.45) is 0. The third-order valence-electron chi connectivity index (χ3n) is 3.83. The quantitative estimate of drug-likeness (QED) is 0.784. The predicted molar refractivity (Wildman–Crippen MR) is 96.5 cm³/mol. The largest absolute Gasteiger partial charge is 0.483 e. The lowest BCUT2D eigenvalue weighted by Gasteiger charge is -2.11. The Hall–Kier alpha value is -2.88. The van der Waals surface area contributed by atoms with Gasteiger partial charge in [-0.2, -0.15) is 0 Å². The summed E-state index contributed by atoms with van der Waals surface area (Å²) in [5.41, 5.74) is 4.78. The van der Waals surface area contributed by atoms with Gasteiger partial charge < -0.3 is 10.1 Å². The standard InChI is InChI=1S/C20H20N2O2/c1-13-7-9-16(10-8-13)22-19(23)12-24-18-11-15(3)21-20-14(2)5-4-6-17(18)20/h4-11H,12H2,1-3H3,(H,22,23). The molecule has 1 heterocycles. The van der Waals surface area contributed by atoms with Gasteiger partial charge in [0.15, 0.2) is 6.61 Å². The first-order valence-corrected chi connectivity index (χ1v) is 7.89. The highest BCUT2D eigenvalue weighted by atomic mass is 16.5. The molecule has 0 bridgehead atoms. The number of fused-ring (bicyclic) bond motifs is 1. The van der Waals surface area contributed by atoms with Crippen LogP contribution >= 0.6 is 0 Å². The number of para-hydroxylation sites is 1. The molecule has 1 N–H and O–H groups in total. The van der Waals surface area contributed by atoms with Gasteiger partial charge >= 0.3 is 0 Å². The summed E-state index contributed by atoms with van der Waals surface area (Å²) in [4.78, 5) is 16.7. The van der Waals surface area contributed by atoms with Crippen molar-refractivity contribution in [2.45, 2.75) is 20.8 Å². The zero-order valence-electron chi connectivity index (χ0n) is 14.1. The number of aromatic nitrogens is 1. The summed E-state index contributed by atoms with van der Waals surface area (Å²) < 4.78 is 5.76. The monoisotopic (exact) mass is 320 g/mol. The number of benzene rings is 2. The summed E-state index contributed by atoms with van der Waals surface area (Å²) in [5, 5.41) is 3.75. The zero-order chi connectivity index (χ0) is 17.1. The van der Waals surface area contributed by atoms with Gasteiger partial charge in [0.2, 0.25) is 0 Å². The highest BCUT2D eigenvalue weighted by Gasteiger charge is 2.09. The molecule has 0 saturated carbocycles. The Morgan fingerprint density at radius 1 is 1.08 bits per heavy atom. The van der Waals surface area contributed by atoms with Crippen LogP contribution in [0.2, 0.25) is 0 Å². The van der Waals surface area contributed by atoms with E-state index in [1.807, 2.05) is 69.3 Å². The minimum absolute atomic E-state index is 0.0413. The Morgan fingerprint density at radius 2 is 1.83 bits per heavy atom. The Morgan fingerprint density at radius 3 is 2.58 bits per heavy atom. The molecule has 0 aliphatic heterocycles. The molecular weight excluding hydrogens is 300 g/mol. The maximum atomic E-state index is 12.1. The fourth-order valence-corrected chi connectivity index (χ4v) is 2.58. The SMILES string of the molecule is Cc1ccc(NC(=O)COc2cc(C)nc3c(C)cccc23)cc1. The topological polar surface area (TPSA) is 51.2 Å². The molecule has 0 saturated heterocycles. The summed E-state index contributed by atoms with van der Waals surface area (Å²) in [5.74, 6) is 0.495. The molecule has 1 amide bonds. The van der Waals surface area contributed by atoms with Crippen molar-refractivity contribution >= 4 is 22.5 Å². The lowest BCUT2D eigenvalue weighted by molar-refractivity contribution is -0.118. The number of hydrogen-bond acceptors (Lipinski definition) is 3. The summed E-state index contributed by atoms with van der Waals surface area (Å²) in [6, 6.07) is 15.5. The molecule has 24 heavy (non-hydrogen) atoms. The second-order valence-electron chi connectivity index (χ2n) is 5.94. The van der Waals surface area contributed by atoms with Gasteiger partial charge in [0.25, 0.3) is 5.91 Å². The Kier molecular flexibility index (Phi) is 4.47. The van der Waals surface area contributed by atoms with Crippen LogP contribution in [0.5, 0.6) is 5.75 Å². The highest BCUT2D eigenvalue weighted by Crippen LogP contribution is 2.27. The molecule has 0 spiro atoms. The maximum absolute atomic E-state index is 12.1. The Balaban J connectivity index is 1.74. The molecule has 2 aromatic carbocycles. The van der Waals surface area contributed by atoms with Gasteiger partial charge in [-0.25, -0.2) is 0 Å². The molecule has 122 valence electrons. The summed E-state index contributed by atoms with van der Waals surface area (Å²) in [6.45, 7) is 5.90. The molecule has 0 radical (unpaired) electrons. The van der Waals surface area contributed by atoms with Crippen molar-refractivity contribution < 1.29 is 9.53 Å². The van der Waals surface area contributed by atoms with Crippen LogP contribution in [0.25, 0.3) is 10.9 Å². The van der Waals surface area contributed by atoms with E-state index in [9.17, 15) is 4.79 Å². The fraction of sp³-hybridized carbons (Fsp3) is 0.200. The third-order valence-corrected chi connectivity index (χ3v) is 3.83. The van der Waals surface area contributed by atoms with E-state index in [1.165, 1.54) is 0 Å². The van der Waals surface area contributed by atoms with Gasteiger partial charge in [-0.05, 0) is 44.5 Å². The van der Waals surface area contributed by atoms with Gasteiger partial charge in [0.05, 0.1) is 5.52 Å². The number of pyridine rings is 1. The molecule has 0 atom stereocenters. The second kappa shape index (κ2) is 6.71. The molecule has 1 aromatic heterocycles. The second-order valence-corrected chi connectivity index (χ2v) is 5.94. The van der Waals surface area contributed by atoms with Crippen LogP contribution < -0.4 is 10.1 Å². The molecule has 0 aliphatic carbocycles. The minimum Gasteiger partial charge on any atom is -0.483 e. The van der Waals surface area contributed by atoms with E-state index < -0.39 is 0 Å². The molecule has 3 aromatic rings. The van der Waals surface area contributed by atoms with Crippen LogP contribution in [0.4, 0.5) is 5.69 Å². The van der Waals surface area contributed by atoms with Gasteiger partial charge in [-0.1, -0.05) is 29.8 Å². The molecule has 0 fully saturated rings. The average Bonchev–Trinajstić information content (AvgIpc) is 2.56. The van der Waals surface area contributed by atoms with Crippen molar-refractivity contribution in [3.8, 4) is 5.75 Å². The number of amides is 1. The van der Waals surface area contributed by atoms with Crippen molar-refractivity contribution in [1.29, 1.82) is 0 Å².